The van der Waals surface area contributed by atoms with Crippen LogP contribution in [0.1, 0.15) is 22.3 Å². The molecule has 1 heteroatoms. The van der Waals surface area contributed by atoms with Gasteiger partial charge in [-0.05, 0) is 53.6 Å². The highest BCUT2D eigenvalue weighted by Crippen LogP contribution is 2.50. The largest absolute Gasteiger partial charge is 0.495 e. The van der Waals surface area contributed by atoms with Crippen LogP contribution >= 0.6 is 0 Å². The molecule has 0 unspecified atom stereocenters. The molecule has 0 saturated heterocycles. The van der Waals surface area contributed by atoms with E-state index in [9.17, 15) is 0 Å². The normalized spacial score (nSPS) is 12.0. The first-order valence-corrected chi connectivity index (χ1v) is 8.06. The lowest BCUT2D eigenvalue weighted by Crippen LogP contribution is -1.99. The molecule has 0 amide bonds. The van der Waals surface area contributed by atoms with Crippen LogP contribution in [0.4, 0.5) is 0 Å². The third kappa shape index (κ3) is 2.00. The number of benzene rings is 3. The van der Waals surface area contributed by atoms with Crippen molar-refractivity contribution in [1.29, 1.82) is 0 Å². The minimum absolute atomic E-state index is 1.00. The number of hydrogen-bond donors (Lipinski definition) is 0. The van der Waals surface area contributed by atoms with Crippen LogP contribution in [0.15, 0.2) is 54.6 Å². The van der Waals surface area contributed by atoms with Gasteiger partial charge in [0.25, 0.3) is 0 Å². The summed E-state index contributed by atoms with van der Waals surface area (Å²) in [5.74, 6) is 1.01. The maximum absolute atomic E-state index is 5.94. The van der Waals surface area contributed by atoms with Crippen molar-refractivity contribution >= 4 is 0 Å². The van der Waals surface area contributed by atoms with E-state index in [0.29, 0.717) is 0 Å². The monoisotopic (exact) mass is 300 g/mol. The average Bonchev–Trinajstić information content (AvgIpc) is 2.98. The number of ether oxygens (including phenoxy) is 1. The van der Waals surface area contributed by atoms with Gasteiger partial charge < -0.3 is 4.74 Å². The van der Waals surface area contributed by atoms with Gasteiger partial charge >= 0.3 is 0 Å². The molecule has 0 radical (unpaired) electrons. The summed E-state index contributed by atoms with van der Waals surface area (Å²) in [6.07, 6.45) is 1.00. The van der Waals surface area contributed by atoms with Gasteiger partial charge in [-0.25, -0.2) is 0 Å². The summed E-state index contributed by atoms with van der Waals surface area (Å²) in [5.41, 5.74) is 10.6. The highest BCUT2D eigenvalue weighted by molar-refractivity contribution is 5.91. The summed E-state index contributed by atoms with van der Waals surface area (Å²) in [6, 6.07) is 19.2. The first-order valence-electron chi connectivity index (χ1n) is 8.06. The number of fused-ring (bicyclic) bond motifs is 3. The Kier molecular flexibility index (Phi) is 3.23. The zero-order valence-electron chi connectivity index (χ0n) is 13.8. The Morgan fingerprint density at radius 2 is 1.48 bits per heavy atom. The van der Waals surface area contributed by atoms with Crippen molar-refractivity contribution in [2.75, 3.05) is 7.11 Å². The molecule has 1 aliphatic rings. The fourth-order valence-corrected chi connectivity index (χ4v) is 3.80. The molecule has 1 aliphatic carbocycles. The summed E-state index contributed by atoms with van der Waals surface area (Å²) >= 11 is 0. The smallest absolute Gasteiger partial charge is 0.135 e. The van der Waals surface area contributed by atoms with Gasteiger partial charge in [0.05, 0.1) is 7.11 Å². The molecular formula is C22H20O. The molecule has 0 spiro atoms. The molecule has 0 heterocycles. The Hall–Kier alpha value is -2.54. The van der Waals surface area contributed by atoms with E-state index in [1.54, 1.807) is 7.11 Å². The van der Waals surface area contributed by atoms with Crippen molar-refractivity contribution in [2.24, 2.45) is 0 Å². The van der Waals surface area contributed by atoms with Gasteiger partial charge in [0.2, 0.25) is 0 Å². The molecule has 0 aliphatic heterocycles. The first kappa shape index (κ1) is 14.1. The van der Waals surface area contributed by atoms with Crippen molar-refractivity contribution in [1.82, 2.24) is 0 Å². The predicted octanol–water partition coefficient (Wildman–Crippen LogP) is 5.55. The minimum atomic E-state index is 1.00. The van der Waals surface area contributed by atoms with Crippen LogP contribution in [-0.4, -0.2) is 7.11 Å². The average molecular weight is 300 g/mol. The second kappa shape index (κ2) is 5.27. The van der Waals surface area contributed by atoms with Crippen molar-refractivity contribution in [3.05, 3.63) is 76.9 Å². The molecule has 0 fully saturated rings. The highest BCUT2D eigenvalue weighted by atomic mass is 16.5. The maximum Gasteiger partial charge on any atom is 0.135 e. The molecule has 1 nitrogen and oxygen atoms in total. The van der Waals surface area contributed by atoms with Gasteiger partial charge in [0.1, 0.15) is 5.75 Å². The van der Waals surface area contributed by atoms with Crippen molar-refractivity contribution < 1.29 is 4.74 Å². The van der Waals surface area contributed by atoms with Gasteiger partial charge in [0.15, 0.2) is 0 Å². The van der Waals surface area contributed by atoms with Gasteiger partial charge in [-0.2, -0.15) is 0 Å². The molecule has 0 saturated carbocycles. The molecule has 114 valence electrons. The molecule has 0 N–H and O–H groups in total. The lowest BCUT2D eigenvalue weighted by molar-refractivity contribution is 0.417. The van der Waals surface area contributed by atoms with Crippen LogP contribution in [0, 0.1) is 13.8 Å². The first-order chi connectivity index (χ1) is 11.2. The Labute approximate surface area is 137 Å². The summed E-state index contributed by atoms with van der Waals surface area (Å²) in [4.78, 5) is 0. The zero-order valence-corrected chi connectivity index (χ0v) is 13.8. The summed E-state index contributed by atoms with van der Waals surface area (Å²) in [7, 11) is 1.79. The summed E-state index contributed by atoms with van der Waals surface area (Å²) < 4.78 is 5.94. The second-order valence-corrected chi connectivity index (χ2v) is 6.21. The fraction of sp³-hybridized carbons (Fsp3) is 0.182. The van der Waals surface area contributed by atoms with Crippen molar-refractivity contribution in [3.63, 3.8) is 0 Å². The predicted molar refractivity (Wildman–Crippen MR) is 96.1 cm³/mol. The lowest BCUT2D eigenvalue weighted by atomic mass is 9.88. The Morgan fingerprint density at radius 1 is 0.783 bits per heavy atom. The van der Waals surface area contributed by atoms with Crippen LogP contribution in [0.5, 0.6) is 5.75 Å². The van der Waals surface area contributed by atoms with Gasteiger partial charge in [-0.15, -0.1) is 0 Å². The molecule has 0 bridgehead atoms. The van der Waals surface area contributed by atoms with E-state index in [1.807, 2.05) is 0 Å². The van der Waals surface area contributed by atoms with Crippen LogP contribution < -0.4 is 4.74 Å². The summed E-state index contributed by atoms with van der Waals surface area (Å²) in [6.45, 7) is 4.45. The number of hydrogen-bond acceptors (Lipinski definition) is 1. The standard InChI is InChI=1S/C22H20O/c1-14-15(2)20(16-9-5-4-6-10-16)22(23-3)21-18-12-8-7-11-17(18)13-19(14)21/h4-12H,13H2,1-3H3. The second-order valence-electron chi connectivity index (χ2n) is 6.21. The van der Waals surface area contributed by atoms with Gasteiger partial charge in [-0.3, -0.25) is 0 Å². The zero-order chi connectivity index (χ0) is 16.0. The Bertz CT molecular complexity index is 888. The van der Waals surface area contributed by atoms with E-state index in [2.05, 4.69) is 68.4 Å². The maximum atomic E-state index is 5.94. The molecule has 3 aromatic carbocycles. The molecule has 23 heavy (non-hydrogen) atoms. The molecular weight excluding hydrogens is 280 g/mol. The molecule has 0 aromatic heterocycles. The van der Waals surface area contributed by atoms with E-state index < -0.39 is 0 Å². The number of rotatable bonds is 2. The van der Waals surface area contributed by atoms with Gasteiger partial charge in [-0.1, -0.05) is 54.6 Å². The third-order valence-electron chi connectivity index (χ3n) is 5.07. The summed E-state index contributed by atoms with van der Waals surface area (Å²) in [5, 5.41) is 0. The topological polar surface area (TPSA) is 9.23 Å². The highest BCUT2D eigenvalue weighted by Gasteiger charge is 2.28. The Balaban J connectivity index is 2.10. The third-order valence-corrected chi connectivity index (χ3v) is 5.07. The lowest BCUT2D eigenvalue weighted by Gasteiger charge is -2.20. The van der Waals surface area contributed by atoms with Crippen LogP contribution in [0.2, 0.25) is 0 Å². The van der Waals surface area contributed by atoms with E-state index in [4.69, 9.17) is 4.74 Å². The minimum Gasteiger partial charge on any atom is -0.495 e. The van der Waals surface area contributed by atoms with Crippen LogP contribution in [0.3, 0.4) is 0 Å². The molecule has 0 atom stereocenters. The van der Waals surface area contributed by atoms with Crippen LogP contribution in [0.25, 0.3) is 22.3 Å². The fourth-order valence-electron chi connectivity index (χ4n) is 3.80. The number of methoxy groups -OCH3 is 1. The molecule has 3 aromatic rings. The van der Waals surface area contributed by atoms with E-state index >= 15 is 0 Å². The quantitative estimate of drug-likeness (QED) is 0.471. The SMILES string of the molecule is COc1c(-c2ccccc2)c(C)c(C)c2c1-c1ccccc1C2. The van der Waals surface area contributed by atoms with E-state index in [1.165, 1.54) is 44.5 Å². The van der Waals surface area contributed by atoms with Gasteiger partial charge in [0, 0.05) is 11.1 Å². The van der Waals surface area contributed by atoms with Crippen molar-refractivity contribution in [3.8, 4) is 28.0 Å². The van der Waals surface area contributed by atoms with Crippen LogP contribution in [-0.2, 0) is 6.42 Å². The van der Waals surface area contributed by atoms with Crippen molar-refractivity contribution in [2.45, 2.75) is 20.3 Å². The molecule has 4 rings (SSSR count). The van der Waals surface area contributed by atoms with E-state index in [0.717, 1.165) is 12.2 Å². The van der Waals surface area contributed by atoms with E-state index in [-0.39, 0.29) is 0 Å². The Morgan fingerprint density at radius 3 is 2.22 bits per heavy atom.